The number of aromatic nitrogens is 1. The Morgan fingerprint density at radius 2 is 1.96 bits per heavy atom. The van der Waals surface area contributed by atoms with Gasteiger partial charge in [0.1, 0.15) is 6.04 Å². The molecule has 6 nitrogen and oxygen atoms in total. The van der Waals surface area contributed by atoms with Crippen molar-refractivity contribution in [2.45, 2.75) is 19.9 Å². The molecule has 0 bridgehead atoms. The molecular weight excluding hydrogens is 479 g/mol. The van der Waals surface area contributed by atoms with Gasteiger partial charge in [0.15, 0.2) is 0 Å². The van der Waals surface area contributed by atoms with E-state index in [1.54, 1.807) is 13.0 Å². The first kappa shape index (κ1) is 19.7. The Labute approximate surface area is 174 Å². The molecule has 2 heterocycles. The van der Waals surface area contributed by atoms with Gasteiger partial charge in [-0.2, -0.15) is 0 Å². The molecule has 1 fully saturated rings. The van der Waals surface area contributed by atoms with Gasteiger partial charge in [-0.05, 0) is 90.7 Å². The average molecular weight is 496 g/mol. The topological polar surface area (TPSA) is 68.6 Å². The smallest absolute Gasteiger partial charge is 0.329 e. The molecule has 0 unspecified atom stereocenters. The summed E-state index contributed by atoms with van der Waals surface area (Å²) in [6.07, 6.45) is 3.56. The van der Waals surface area contributed by atoms with Crippen molar-refractivity contribution >= 4 is 57.5 Å². The second kappa shape index (κ2) is 8.30. The Morgan fingerprint density at radius 3 is 2.63 bits per heavy atom. The highest BCUT2D eigenvalue weighted by molar-refractivity contribution is 14.1. The lowest BCUT2D eigenvalue weighted by Gasteiger charge is -2.19. The van der Waals surface area contributed by atoms with Crippen LogP contribution in [0.1, 0.15) is 19.5 Å². The number of carbonyl (C=O) groups is 3. The maximum atomic E-state index is 12.7. The highest BCUT2D eigenvalue weighted by Gasteiger charge is 2.41. The molecule has 1 aliphatic heterocycles. The molecule has 0 aliphatic carbocycles. The Kier molecular flexibility index (Phi) is 6.05. The summed E-state index contributed by atoms with van der Waals surface area (Å²) in [6, 6.07) is 10.7. The molecule has 0 radical (unpaired) electrons. The summed E-state index contributed by atoms with van der Waals surface area (Å²) in [5, 5.41) is -0.473. The van der Waals surface area contributed by atoms with E-state index in [1.807, 2.05) is 47.2 Å². The van der Waals surface area contributed by atoms with E-state index >= 15 is 0 Å². The molecule has 0 N–H and O–H groups in total. The number of benzene rings is 1. The monoisotopic (exact) mass is 496 g/mol. The molecular formula is C19H17IN2O4S. The molecule has 2 amide bonds. The fourth-order valence-corrected chi connectivity index (χ4v) is 3.92. The molecule has 1 aliphatic rings. The molecule has 0 saturated carbocycles. The van der Waals surface area contributed by atoms with E-state index in [0.717, 1.165) is 31.6 Å². The molecule has 2 aromatic rings. The Hall–Kier alpha value is -2.07. The number of hydrogen-bond acceptors (Lipinski definition) is 5. The highest BCUT2D eigenvalue weighted by Crippen LogP contribution is 2.34. The number of nitrogens with zero attached hydrogens (tertiary/aromatic N) is 2. The summed E-state index contributed by atoms with van der Waals surface area (Å²) in [6.45, 7) is 3.36. The van der Waals surface area contributed by atoms with Crippen molar-refractivity contribution < 1.29 is 19.1 Å². The normalized spacial score (nSPS) is 16.9. The van der Waals surface area contributed by atoms with Crippen molar-refractivity contribution in [1.29, 1.82) is 0 Å². The molecule has 1 saturated heterocycles. The molecule has 0 spiro atoms. The minimum Gasteiger partial charge on any atom is -0.464 e. The van der Waals surface area contributed by atoms with Crippen molar-refractivity contribution in [2.75, 3.05) is 6.61 Å². The number of esters is 1. The zero-order valence-electron chi connectivity index (χ0n) is 14.7. The summed E-state index contributed by atoms with van der Waals surface area (Å²) in [7, 11) is 0. The second-order valence-corrected chi connectivity index (χ2v) is 8.00. The van der Waals surface area contributed by atoms with E-state index in [0.29, 0.717) is 0 Å². The van der Waals surface area contributed by atoms with E-state index in [4.69, 9.17) is 4.74 Å². The quantitative estimate of drug-likeness (QED) is 0.355. The third-order valence-corrected chi connectivity index (χ3v) is 5.61. The lowest BCUT2D eigenvalue weighted by molar-refractivity contribution is -0.150. The first-order chi connectivity index (χ1) is 12.9. The average Bonchev–Trinajstić information content (AvgIpc) is 3.20. The maximum Gasteiger partial charge on any atom is 0.329 e. The minimum absolute atomic E-state index is 0.193. The summed E-state index contributed by atoms with van der Waals surface area (Å²) in [4.78, 5) is 38.1. The van der Waals surface area contributed by atoms with Crippen LogP contribution in [0.3, 0.4) is 0 Å². The van der Waals surface area contributed by atoms with Crippen LogP contribution < -0.4 is 0 Å². The fourth-order valence-electron chi connectivity index (χ4n) is 2.66. The van der Waals surface area contributed by atoms with E-state index in [-0.39, 0.29) is 11.5 Å². The highest BCUT2D eigenvalue weighted by atomic mass is 127. The number of ether oxygens (including phenoxy) is 1. The lowest BCUT2D eigenvalue weighted by Crippen LogP contribution is -2.42. The number of thioether (sulfide) groups is 1. The van der Waals surface area contributed by atoms with Gasteiger partial charge < -0.3 is 9.30 Å². The predicted molar refractivity (Wildman–Crippen MR) is 112 cm³/mol. The number of rotatable bonds is 5. The van der Waals surface area contributed by atoms with Gasteiger partial charge >= 0.3 is 5.97 Å². The predicted octanol–water partition coefficient (Wildman–Crippen LogP) is 4.07. The molecule has 8 heteroatoms. The number of imide groups is 1. The van der Waals surface area contributed by atoms with Crippen LogP contribution in [0.25, 0.3) is 11.8 Å². The van der Waals surface area contributed by atoms with Gasteiger partial charge in [0.25, 0.3) is 11.1 Å². The minimum atomic E-state index is -0.952. The Bertz CT molecular complexity index is 920. The van der Waals surface area contributed by atoms with E-state index in [1.165, 1.54) is 6.92 Å². The summed E-state index contributed by atoms with van der Waals surface area (Å²) in [5.41, 5.74) is 1.72. The zero-order chi connectivity index (χ0) is 19.6. The first-order valence-corrected chi connectivity index (χ1v) is 10.2. The first-order valence-electron chi connectivity index (χ1n) is 8.29. The number of hydrogen-bond donors (Lipinski definition) is 0. The van der Waals surface area contributed by atoms with Crippen LogP contribution in [0, 0.1) is 3.57 Å². The number of amides is 2. The van der Waals surface area contributed by atoms with Crippen molar-refractivity contribution in [3.8, 4) is 5.69 Å². The molecule has 1 aromatic carbocycles. The van der Waals surface area contributed by atoms with E-state index < -0.39 is 23.2 Å². The Morgan fingerprint density at radius 1 is 1.26 bits per heavy atom. The molecule has 27 heavy (non-hydrogen) atoms. The molecule has 140 valence electrons. The van der Waals surface area contributed by atoms with Crippen molar-refractivity contribution in [3.63, 3.8) is 0 Å². The largest absolute Gasteiger partial charge is 0.464 e. The summed E-state index contributed by atoms with van der Waals surface area (Å²) in [5.74, 6) is -1.08. The number of carbonyl (C=O) groups excluding carboxylic acids is 3. The lowest BCUT2D eigenvalue weighted by atomic mass is 10.2. The third-order valence-electron chi connectivity index (χ3n) is 4.00. The zero-order valence-corrected chi connectivity index (χ0v) is 17.7. The van der Waals surface area contributed by atoms with Gasteiger partial charge in [0.2, 0.25) is 0 Å². The standard InChI is InChI=1S/C19H17IN2O4S/c1-3-26-18(24)12(2)22-17(23)16(27-19(22)25)11-15-5-4-10-21(15)14-8-6-13(20)7-9-14/h4-12H,3H2,1-2H3/b16-11-/t12-/m1/s1. The SMILES string of the molecule is CCOC(=O)[C@@H](C)N1C(=O)S/C(=C\c2cccn2-c2ccc(I)cc2)C1=O. The van der Waals surface area contributed by atoms with Crippen LogP contribution in [0.2, 0.25) is 0 Å². The van der Waals surface area contributed by atoms with Gasteiger partial charge in [-0.3, -0.25) is 14.5 Å². The molecule has 1 aromatic heterocycles. The number of halogens is 1. The molecule has 1 atom stereocenters. The summed E-state index contributed by atoms with van der Waals surface area (Å²) < 4.78 is 7.98. The van der Waals surface area contributed by atoms with Gasteiger partial charge in [-0.25, -0.2) is 4.79 Å². The van der Waals surface area contributed by atoms with Crippen LogP contribution in [-0.2, 0) is 14.3 Å². The van der Waals surface area contributed by atoms with E-state index in [9.17, 15) is 14.4 Å². The van der Waals surface area contributed by atoms with Crippen LogP contribution in [0.15, 0.2) is 47.5 Å². The van der Waals surface area contributed by atoms with Gasteiger partial charge in [0.05, 0.1) is 11.5 Å². The van der Waals surface area contributed by atoms with Gasteiger partial charge in [0, 0.05) is 21.1 Å². The van der Waals surface area contributed by atoms with Gasteiger partial charge in [-0.15, -0.1) is 0 Å². The van der Waals surface area contributed by atoms with Crippen LogP contribution in [0.4, 0.5) is 4.79 Å². The maximum absolute atomic E-state index is 12.7. The van der Waals surface area contributed by atoms with Crippen molar-refractivity contribution in [3.05, 3.63) is 56.8 Å². The van der Waals surface area contributed by atoms with Crippen molar-refractivity contribution in [1.82, 2.24) is 9.47 Å². The third kappa shape index (κ3) is 4.11. The van der Waals surface area contributed by atoms with Crippen molar-refractivity contribution in [2.24, 2.45) is 0 Å². The summed E-state index contributed by atoms with van der Waals surface area (Å²) >= 11 is 3.06. The Balaban J connectivity index is 1.88. The van der Waals surface area contributed by atoms with Crippen LogP contribution >= 0.6 is 34.4 Å². The molecule has 3 rings (SSSR count). The van der Waals surface area contributed by atoms with E-state index in [2.05, 4.69) is 22.6 Å². The van der Waals surface area contributed by atoms with Gasteiger partial charge in [-0.1, -0.05) is 0 Å². The second-order valence-electron chi connectivity index (χ2n) is 5.76. The fraction of sp³-hybridized carbons (Fsp3) is 0.211. The van der Waals surface area contributed by atoms with Crippen LogP contribution in [-0.4, -0.2) is 39.2 Å². The van der Waals surface area contributed by atoms with Crippen LogP contribution in [0.5, 0.6) is 0 Å².